The number of rotatable bonds is 3. The van der Waals surface area contributed by atoms with Gasteiger partial charge < -0.3 is 16.2 Å². The van der Waals surface area contributed by atoms with Crippen LogP contribution in [0.3, 0.4) is 0 Å². The second-order valence-corrected chi connectivity index (χ2v) is 4.63. The molecule has 0 spiro atoms. The molecule has 4 heteroatoms. The fraction of sp³-hybridized carbons (Fsp3) is 0.545. The van der Waals surface area contributed by atoms with Gasteiger partial charge in [0.05, 0.1) is 5.69 Å². The summed E-state index contributed by atoms with van der Waals surface area (Å²) in [5.74, 6) is 0.433. The molecule has 1 rings (SSSR count). The van der Waals surface area contributed by atoms with E-state index in [1.807, 2.05) is 20.8 Å². The molecule has 0 aliphatic rings. The van der Waals surface area contributed by atoms with E-state index in [0.717, 1.165) is 0 Å². The highest BCUT2D eigenvalue weighted by Gasteiger charge is 2.14. The van der Waals surface area contributed by atoms with E-state index in [4.69, 9.17) is 5.73 Å². The zero-order valence-corrected chi connectivity index (χ0v) is 9.49. The van der Waals surface area contributed by atoms with Crippen molar-refractivity contribution in [1.29, 1.82) is 0 Å². The molecule has 0 aromatic carbocycles. The van der Waals surface area contributed by atoms with Gasteiger partial charge in [-0.2, -0.15) is 0 Å². The van der Waals surface area contributed by atoms with Gasteiger partial charge >= 0.3 is 0 Å². The molecule has 1 aromatic heterocycles. The minimum absolute atomic E-state index is 0.0126. The van der Waals surface area contributed by atoms with Gasteiger partial charge in [-0.15, -0.1) is 0 Å². The van der Waals surface area contributed by atoms with E-state index in [-0.39, 0.29) is 5.54 Å². The Kier molecular flexibility index (Phi) is 3.66. The summed E-state index contributed by atoms with van der Waals surface area (Å²) in [6, 6.07) is 5.26. The van der Waals surface area contributed by atoms with E-state index in [2.05, 4.69) is 10.3 Å². The SMILES string of the molecule is CC(C)(C)NC[C@H](O)c1cccc(N)n1. The summed E-state index contributed by atoms with van der Waals surface area (Å²) < 4.78 is 0. The predicted octanol–water partition coefficient (Wildman–Crippen LogP) is 1.09. The quantitative estimate of drug-likeness (QED) is 0.696. The minimum Gasteiger partial charge on any atom is -0.385 e. The summed E-state index contributed by atoms with van der Waals surface area (Å²) in [5.41, 5.74) is 6.13. The first kappa shape index (κ1) is 11.9. The van der Waals surface area contributed by atoms with Crippen LogP contribution in [0.15, 0.2) is 18.2 Å². The average Bonchev–Trinajstić information content (AvgIpc) is 2.13. The summed E-state index contributed by atoms with van der Waals surface area (Å²) >= 11 is 0. The van der Waals surface area contributed by atoms with Crippen molar-refractivity contribution in [3.63, 3.8) is 0 Å². The van der Waals surface area contributed by atoms with Gasteiger partial charge in [0, 0.05) is 12.1 Å². The van der Waals surface area contributed by atoms with E-state index in [1.54, 1.807) is 18.2 Å². The van der Waals surface area contributed by atoms with Crippen LogP contribution in [0.2, 0.25) is 0 Å². The minimum atomic E-state index is -0.618. The third-order valence-corrected chi connectivity index (χ3v) is 1.96. The number of nitrogen functional groups attached to an aromatic ring is 1. The van der Waals surface area contributed by atoms with Crippen molar-refractivity contribution in [1.82, 2.24) is 10.3 Å². The predicted molar refractivity (Wildman–Crippen MR) is 61.4 cm³/mol. The van der Waals surface area contributed by atoms with Crippen LogP contribution in [-0.4, -0.2) is 22.2 Å². The van der Waals surface area contributed by atoms with Crippen LogP contribution in [0.5, 0.6) is 0 Å². The lowest BCUT2D eigenvalue weighted by Gasteiger charge is -2.22. The second kappa shape index (κ2) is 4.59. The number of nitrogens with one attached hydrogen (secondary N) is 1. The molecule has 4 N–H and O–H groups in total. The lowest BCUT2D eigenvalue weighted by Crippen LogP contribution is -2.38. The number of aliphatic hydroxyl groups is 1. The number of hydrogen-bond donors (Lipinski definition) is 3. The van der Waals surface area contributed by atoms with Gasteiger partial charge in [-0.3, -0.25) is 0 Å². The zero-order chi connectivity index (χ0) is 11.5. The van der Waals surface area contributed by atoms with E-state index < -0.39 is 6.10 Å². The van der Waals surface area contributed by atoms with Crippen LogP contribution in [0.25, 0.3) is 0 Å². The average molecular weight is 209 g/mol. The number of nitrogens with zero attached hydrogens (tertiary/aromatic N) is 1. The molecule has 84 valence electrons. The van der Waals surface area contributed by atoms with Gasteiger partial charge in [-0.25, -0.2) is 4.98 Å². The highest BCUT2D eigenvalue weighted by Crippen LogP contribution is 2.11. The molecule has 0 aliphatic heterocycles. The van der Waals surface area contributed by atoms with E-state index in [1.165, 1.54) is 0 Å². The van der Waals surface area contributed by atoms with Crippen LogP contribution in [0.4, 0.5) is 5.82 Å². The van der Waals surface area contributed by atoms with E-state index in [9.17, 15) is 5.11 Å². The number of anilines is 1. The topological polar surface area (TPSA) is 71.2 Å². The number of pyridine rings is 1. The lowest BCUT2D eigenvalue weighted by molar-refractivity contribution is 0.159. The monoisotopic (exact) mass is 209 g/mol. The maximum Gasteiger partial charge on any atom is 0.123 e. The highest BCUT2D eigenvalue weighted by atomic mass is 16.3. The molecule has 0 bridgehead atoms. The summed E-state index contributed by atoms with van der Waals surface area (Å²) in [5, 5.41) is 13.0. The number of hydrogen-bond acceptors (Lipinski definition) is 4. The summed E-state index contributed by atoms with van der Waals surface area (Å²) in [7, 11) is 0. The largest absolute Gasteiger partial charge is 0.385 e. The molecule has 1 atom stereocenters. The van der Waals surface area contributed by atoms with Crippen molar-refractivity contribution in [2.24, 2.45) is 0 Å². The first-order valence-corrected chi connectivity index (χ1v) is 5.04. The molecular formula is C11H19N3O. The Morgan fingerprint density at radius 2 is 2.13 bits per heavy atom. The maximum absolute atomic E-state index is 9.83. The van der Waals surface area contributed by atoms with Crippen molar-refractivity contribution < 1.29 is 5.11 Å². The van der Waals surface area contributed by atoms with Gasteiger partial charge in [0.1, 0.15) is 11.9 Å². The second-order valence-electron chi connectivity index (χ2n) is 4.63. The number of β-amino-alcohol motifs (C(OH)–C–C–N with tert-alkyl or cyclic N) is 1. The number of aromatic nitrogens is 1. The smallest absolute Gasteiger partial charge is 0.123 e. The van der Waals surface area contributed by atoms with Gasteiger partial charge in [-0.05, 0) is 32.9 Å². The third-order valence-electron chi connectivity index (χ3n) is 1.96. The number of nitrogens with two attached hydrogens (primary N) is 1. The Morgan fingerprint density at radius 1 is 1.47 bits per heavy atom. The van der Waals surface area contributed by atoms with Crippen molar-refractivity contribution in [2.75, 3.05) is 12.3 Å². The summed E-state index contributed by atoms with van der Waals surface area (Å²) in [6.07, 6.45) is -0.618. The molecular weight excluding hydrogens is 190 g/mol. The normalized spacial score (nSPS) is 13.9. The lowest BCUT2D eigenvalue weighted by atomic mass is 10.1. The summed E-state index contributed by atoms with van der Waals surface area (Å²) in [4.78, 5) is 4.06. The molecule has 0 fully saturated rings. The number of aliphatic hydroxyl groups excluding tert-OH is 1. The first-order chi connectivity index (χ1) is 6.88. The zero-order valence-electron chi connectivity index (χ0n) is 9.49. The Hall–Kier alpha value is -1.13. The fourth-order valence-electron chi connectivity index (χ4n) is 1.16. The Labute approximate surface area is 90.5 Å². The van der Waals surface area contributed by atoms with Crippen LogP contribution in [0.1, 0.15) is 32.6 Å². The fourth-order valence-corrected chi connectivity index (χ4v) is 1.16. The van der Waals surface area contributed by atoms with Gasteiger partial charge in [0.15, 0.2) is 0 Å². The molecule has 0 aliphatic carbocycles. The van der Waals surface area contributed by atoms with Gasteiger partial charge in [0.2, 0.25) is 0 Å². The summed E-state index contributed by atoms with van der Waals surface area (Å²) in [6.45, 7) is 6.62. The molecule has 15 heavy (non-hydrogen) atoms. The van der Waals surface area contributed by atoms with Crippen molar-refractivity contribution in [3.8, 4) is 0 Å². The Bertz CT molecular complexity index is 320. The standard InChI is InChI=1S/C11H19N3O/c1-11(2,3)13-7-9(15)8-5-4-6-10(12)14-8/h4-6,9,13,15H,7H2,1-3H3,(H2,12,14)/t9-/m0/s1. The maximum atomic E-state index is 9.83. The highest BCUT2D eigenvalue weighted by molar-refractivity contribution is 5.29. The van der Waals surface area contributed by atoms with Gasteiger partial charge in [-0.1, -0.05) is 6.07 Å². The molecule has 0 radical (unpaired) electrons. The molecule has 0 saturated heterocycles. The van der Waals surface area contributed by atoms with Gasteiger partial charge in [0.25, 0.3) is 0 Å². The molecule has 4 nitrogen and oxygen atoms in total. The Morgan fingerprint density at radius 3 is 2.67 bits per heavy atom. The molecule has 0 amide bonds. The molecule has 1 heterocycles. The van der Waals surface area contributed by atoms with E-state index >= 15 is 0 Å². The third kappa shape index (κ3) is 4.27. The van der Waals surface area contributed by atoms with Crippen LogP contribution < -0.4 is 11.1 Å². The van der Waals surface area contributed by atoms with Crippen LogP contribution >= 0.6 is 0 Å². The van der Waals surface area contributed by atoms with Crippen LogP contribution in [0, 0.1) is 0 Å². The molecule has 0 unspecified atom stereocenters. The van der Waals surface area contributed by atoms with Crippen molar-refractivity contribution in [2.45, 2.75) is 32.4 Å². The van der Waals surface area contributed by atoms with Crippen molar-refractivity contribution >= 4 is 5.82 Å². The van der Waals surface area contributed by atoms with E-state index in [0.29, 0.717) is 18.1 Å². The first-order valence-electron chi connectivity index (χ1n) is 5.04. The Balaban J connectivity index is 2.58. The molecule has 1 aromatic rings. The van der Waals surface area contributed by atoms with Crippen LogP contribution in [-0.2, 0) is 0 Å². The molecule has 0 saturated carbocycles. The van der Waals surface area contributed by atoms with Crippen molar-refractivity contribution in [3.05, 3.63) is 23.9 Å².